The van der Waals surface area contributed by atoms with E-state index in [0.29, 0.717) is 17.7 Å². The maximum absolute atomic E-state index is 9.21. The number of aromatic hydroxyl groups is 1. The molecule has 96 valence electrons. The van der Waals surface area contributed by atoms with Crippen molar-refractivity contribution >= 4 is 0 Å². The first-order valence-electron chi connectivity index (χ1n) is 6.50. The molecule has 2 atom stereocenters. The van der Waals surface area contributed by atoms with Gasteiger partial charge in [0.1, 0.15) is 5.75 Å². The molecule has 0 spiro atoms. The van der Waals surface area contributed by atoms with Crippen LogP contribution < -0.4 is 5.32 Å². The molecule has 1 aromatic rings. The molecular formula is C15H25NO. The van der Waals surface area contributed by atoms with Crippen LogP contribution in [0.4, 0.5) is 0 Å². The molecule has 1 aromatic carbocycles. The van der Waals surface area contributed by atoms with Crippen LogP contribution >= 0.6 is 0 Å². The standard InChI is InChI=1S/C15H25NO/c1-11(2)12(3)10-16-13(4)9-14-5-7-15(17)8-6-14/h5-8,11-13,16-17H,9-10H2,1-4H3. The van der Waals surface area contributed by atoms with Crippen molar-refractivity contribution in [2.45, 2.75) is 40.2 Å². The number of nitrogens with one attached hydrogen (secondary N) is 1. The third-order valence-electron chi connectivity index (χ3n) is 3.40. The lowest BCUT2D eigenvalue weighted by Crippen LogP contribution is -2.33. The van der Waals surface area contributed by atoms with Crippen molar-refractivity contribution in [2.75, 3.05) is 6.54 Å². The van der Waals surface area contributed by atoms with Crippen LogP contribution in [0.1, 0.15) is 33.3 Å². The molecule has 2 heteroatoms. The SMILES string of the molecule is CC(Cc1ccc(O)cc1)NCC(C)C(C)C. The second-order valence-corrected chi connectivity index (χ2v) is 5.40. The zero-order chi connectivity index (χ0) is 12.8. The summed E-state index contributed by atoms with van der Waals surface area (Å²) in [6.07, 6.45) is 1.01. The molecule has 0 aliphatic carbocycles. The molecule has 0 fully saturated rings. The van der Waals surface area contributed by atoms with E-state index >= 15 is 0 Å². The number of phenolic OH excluding ortho intramolecular Hbond substituents is 1. The Morgan fingerprint density at radius 2 is 1.65 bits per heavy atom. The van der Waals surface area contributed by atoms with E-state index in [1.807, 2.05) is 12.1 Å². The predicted octanol–water partition coefficient (Wildman–Crippen LogP) is 3.20. The highest BCUT2D eigenvalue weighted by molar-refractivity contribution is 5.26. The van der Waals surface area contributed by atoms with E-state index in [0.717, 1.165) is 18.9 Å². The molecule has 2 N–H and O–H groups in total. The minimum Gasteiger partial charge on any atom is -0.508 e. The Morgan fingerprint density at radius 3 is 2.18 bits per heavy atom. The zero-order valence-electron chi connectivity index (χ0n) is 11.4. The fourth-order valence-electron chi connectivity index (χ4n) is 1.68. The molecule has 0 amide bonds. The Kier molecular flexibility index (Phi) is 5.49. The van der Waals surface area contributed by atoms with Crippen molar-refractivity contribution in [1.29, 1.82) is 0 Å². The number of rotatable bonds is 6. The van der Waals surface area contributed by atoms with Crippen LogP contribution in [-0.2, 0) is 6.42 Å². The molecule has 0 saturated carbocycles. The third kappa shape index (κ3) is 5.22. The minimum absolute atomic E-state index is 0.336. The van der Waals surface area contributed by atoms with Gasteiger partial charge in [0.25, 0.3) is 0 Å². The Bertz CT molecular complexity index is 318. The largest absolute Gasteiger partial charge is 0.508 e. The van der Waals surface area contributed by atoms with Gasteiger partial charge in [0.05, 0.1) is 0 Å². The summed E-state index contributed by atoms with van der Waals surface area (Å²) >= 11 is 0. The molecule has 0 heterocycles. The first kappa shape index (κ1) is 14.0. The van der Waals surface area contributed by atoms with Gasteiger partial charge in [0.15, 0.2) is 0 Å². The van der Waals surface area contributed by atoms with Crippen LogP contribution in [0, 0.1) is 11.8 Å². The molecule has 17 heavy (non-hydrogen) atoms. The second kappa shape index (κ2) is 6.65. The number of benzene rings is 1. The Hall–Kier alpha value is -1.02. The summed E-state index contributed by atoms with van der Waals surface area (Å²) in [6, 6.07) is 7.94. The minimum atomic E-state index is 0.336. The lowest BCUT2D eigenvalue weighted by atomic mass is 9.97. The van der Waals surface area contributed by atoms with E-state index in [2.05, 4.69) is 33.0 Å². The first-order valence-corrected chi connectivity index (χ1v) is 6.50. The molecule has 0 bridgehead atoms. The van der Waals surface area contributed by atoms with Crippen LogP contribution in [0.25, 0.3) is 0 Å². The molecular weight excluding hydrogens is 210 g/mol. The summed E-state index contributed by atoms with van der Waals surface area (Å²) < 4.78 is 0. The van der Waals surface area contributed by atoms with Gasteiger partial charge in [-0.15, -0.1) is 0 Å². The molecule has 2 nitrogen and oxygen atoms in total. The summed E-state index contributed by atoms with van der Waals surface area (Å²) in [7, 11) is 0. The summed E-state index contributed by atoms with van der Waals surface area (Å²) in [6.45, 7) is 10.1. The van der Waals surface area contributed by atoms with Crippen molar-refractivity contribution in [3.8, 4) is 5.75 Å². The smallest absolute Gasteiger partial charge is 0.115 e. The van der Waals surface area contributed by atoms with E-state index in [-0.39, 0.29) is 0 Å². The average Bonchev–Trinajstić information content (AvgIpc) is 2.29. The number of hydrogen-bond donors (Lipinski definition) is 2. The van der Waals surface area contributed by atoms with Gasteiger partial charge in [-0.1, -0.05) is 32.9 Å². The first-order chi connectivity index (χ1) is 7.99. The maximum Gasteiger partial charge on any atom is 0.115 e. The third-order valence-corrected chi connectivity index (χ3v) is 3.40. The van der Waals surface area contributed by atoms with E-state index in [9.17, 15) is 5.11 Å². The van der Waals surface area contributed by atoms with Gasteiger partial charge in [-0.2, -0.15) is 0 Å². The lowest BCUT2D eigenvalue weighted by Gasteiger charge is -2.20. The van der Waals surface area contributed by atoms with Gasteiger partial charge in [-0.05, 0) is 49.4 Å². The predicted molar refractivity (Wildman–Crippen MR) is 73.3 cm³/mol. The summed E-state index contributed by atoms with van der Waals surface area (Å²) in [4.78, 5) is 0. The van der Waals surface area contributed by atoms with Crippen molar-refractivity contribution in [1.82, 2.24) is 5.32 Å². The molecule has 0 aliphatic rings. The van der Waals surface area contributed by atoms with Crippen LogP contribution in [0.15, 0.2) is 24.3 Å². The van der Waals surface area contributed by atoms with Crippen molar-refractivity contribution < 1.29 is 5.11 Å². The van der Waals surface area contributed by atoms with Gasteiger partial charge in [0, 0.05) is 6.04 Å². The van der Waals surface area contributed by atoms with E-state index in [4.69, 9.17) is 0 Å². The summed E-state index contributed by atoms with van der Waals surface area (Å²) in [5, 5.41) is 12.8. The highest BCUT2D eigenvalue weighted by Gasteiger charge is 2.09. The Balaban J connectivity index is 2.34. The van der Waals surface area contributed by atoms with Gasteiger partial charge in [-0.3, -0.25) is 0 Å². The summed E-state index contributed by atoms with van der Waals surface area (Å²) in [5.41, 5.74) is 1.26. The second-order valence-electron chi connectivity index (χ2n) is 5.40. The quantitative estimate of drug-likeness (QED) is 0.793. The van der Waals surface area contributed by atoms with Crippen LogP contribution in [-0.4, -0.2) is 17.7 Å². The Labute approximate surface area is 105 Å². The topological polar surface area (TPSA) is 32.3 Å². The fraction of sp³-hybridized carbons (Fsp3) is 0.600. The van der Waals surface area contributed by atoms with Gasteiger partial charge in [-0.25, -0.2) is 0 Å². The van der Waals surface area contributed by atoms with Crippen molar-refractivity contribution in [2.24, 2.45) is 11.8 Å². The van der Waals surface area contributed by atoms with Crippen molar-refractivity contribution in [3.05, 3.63) is 29.8 Å². The molecule has 2 unspecified atom stereocenters. The van der Waals surface area contributed by atoms with Crippen molar-refractivity contribution in [3.63, 3.8) is 0 Å². The van der Waals surface area contributed by atoms with Crippen LogP contribution in [0.5, 0.6) is 5.75 Å². The van der Waals surface area contributed by atoms with Crippen LogP contribution in [0.2, 0.25) is 0 Å². The fourth-order valence-corrected chi connectivity index (χ4v) is 1.68. The van der Waals surface area contributed by atoms with Gasteiger partial charge >= 0.3 is 0 Å². The lowest BCUT2D eigenvalue weighted by molar-refractivity contribution is 0.372. The molecule has 1 rings (SSSR count). The van der Waals surface area contributed by atoms with E-state index < -0.39 is 0 Å². The average molecular weight is 235 g/mol. The van der Waals surface area contributed by atoms with E-state index in [1.165, 1.54) is 5.56 Å². The van der Waals surface area contributed by atoms with E-state index in [1.54, 1.807) is 12.1 Å². The zero-order valence-corrected chi connectivity index (χ0v) is 11.4. The molecule has 0 saturated heterocycles. The monoisotopic (exact) mass is 235 g/mol. The highest BCUT2D eigenvalue weighted by atomic mass is 16.3. The maximum atomic E-state index is 9.21. The molecule has 0 aromatic heterocycles. The Morgan fingerprint density at radius 1 is 1.06 bits per heavy atom. The number of phenols is 1. The summed E-state index contributed by atoms with van der Waals surface area (Å²) in [5.74, 6) is 1.77. The number of hydrogen-bond acceptors (Lipinski definition) is 2. The van der Waals surface area contributed by atoms with Crippen LogP contribution in [0.3, 0.4) is 0 Å². The highest BCUT2D eigenvalue weighted by Crippen LogP contribution is 2.12. The molecule has 0 radical (unpaired) electrons. The van der Waals surface area contributed by atoms with Gasteiger partial charge < -0.3 is 10.4 Å². The van der Waals surface area contributed by atoms with Gasteiger partial charge in [0.2, 0.25) is 0 Å². The normalized spacial score (nSPS) is 14.9. The molecule has 0 aliphatic heterocycles.